The van der Waals surface area contributed by atoms with E-state index in [-0.39, 0.29) is 22.5 Å². The van der Waals surface area contributed by atoms with E-state index in [1.54, 1.807) is 24.3 Å². The molecule has 2 aliphatic rings. The van der Waals surface area contributed by atoms with Gasteiger partial charge >= 0.3 is 5.70 Å². The number of nitro groups is 3. The first-order chi connectivity index (χ1) is 17.8. The quantitative estimate of drug-likeness (QED) is 0.231. The summed E-state index contributed by atoms with van der Waals surface area (Å²) in [5.41, 5.74) is 2.11. The predicted octanol–water partition coefficient (Wildman–Crippen LogP) is 6.10. The lowest BCUT2D eigenvalue weighted by atomic mass is 9.91. The van der Waals surface area contributed by atoms with Crippen molar-refractivity contribution in [2.75, 3.05) is 0 Å². The van der Waals surface area contributed by atoms with Gasteiger partial charge in [-0.1, -0.05) is 54.6 Å². The molecule has 3 aromatic carbocycles. The average molecular weight is 492 g/mol. The second-order valence-corrected chi connectivity index (χ2v) is 8.19. The van der Waals surface area contributed by atoms with E-state index >= 15 is 0 Å². The molecule has 10 heteroatoms. The lowest BCUT2D eigenvalue weighted by Crippen LogP contribution is -2.20. The minimum Gasteiger partial charge on any atom is -0.258 e. The van der Waals surface area contributed by atoms with Gasteiger partial charge in [0.05, 0.1) is 32.1 Å². The van der Waals surface area contributed by atoms with Crippen LogP contribution in [0.1, 0.15) is 22.3 Å². The summed E-state index contributed by atoms with van der Waals surface area (Å²) in [4.78, 5) is 37.4. The van der Waals surface area contributed by atoms with Gasteiger partial charge in [-0.25, -0.2) is 4.99 Å². The third-order valence-electron chi connectivity index (χ3n) is 5.91. The van der Waals surface area contributed by atoms with Crippen molar-refractivity contribution in [3.8, 4) is 0 Å². The van der Waals surface area contributed by atoms with Gasteiger partial charge in [0.1, 0.15) is 5.71 Å². The maximum Gasteiger partial charge on any atom is 0.302 e. The fraction of sp³-hybridized carbons (Fsp3) is 0. The highest BCUT2D eigenvalue weighted by atomic mass is 16.6. The summed E-state index contributed by atoms with van der Waals surface area (Å²) < 4.78 is 0. The summed E-state index contributed by atoms with van der Waals surface area (Å²) in [5.74, 6) is 0. The molecule has 0 amide bonds. The summed E-state index contributed by atoms with van der Waals surface area (Å²) in [6.07, 6.45) is 6.22. The Balaban J connectivity index is 1.57. The van der Waals surface area contributed by atoms with Crippen molar-refractivity contribution < 1.29 is 14.8 Å². The number of nitrogens with zero attached hydrogens (tertiary/aromatic N) is 4. The Hall–Kier alpha value is -5.51. The number of nitro benzene ring substituents is 1. The molecule has 0 spiro atoms. The largest absolute Gasteiger partial charge is 0.302 e. The molecule has 0 heterocycles. The molecule has 0 radical (unpaired) electrons. The van der Waals surface area contributed by atoms with Crippen molar-refractivity contribution in [1.82, 2.24) is 0 Å². The van der Waals surface area contributed by atoms with E-state index in [0.717, 1.165) is 17.2 Å². The van der Waals surface area contributed by atoms with E-state index in [2.05, 4.69) is 4.99 Å². The van der Waals surface area contributed by atoms with Crippen molar-refractivity contribution in [2.24, 2.45) is 4.99 Å². The number of allylic oxidation sites excluding steroid dienone is 3. The summed E-state index contributed by atoms with van der Waals surface area (Å²) in [5, 5.41) is 34.9. The van der Waals surface area contributed by atoms with Gasteiger partial charge in [0.15, 0.2) is 0 Å². The van der Waals surface area contributed by atoms with Crippen LogP contribution in [0.3, 0.4) is 0 Å². The van der Waals surface area contributed by atoms with Crippen LogP contribution < -0.4 is 0 Å². The van der Waals surface area contributed by atoms with Gasteiger partial charge in [0.25, 0.3) is 11.4 Å². The van der Waals surface area contributed by atoms with E-state index in [0.29, 0.717) is 16.8 Å². The van der Waals surface area contributed by atoms with Crippen LogP contribution in [0, 0.1) is 30.3 Å². The molecule has 0 saturated heterocycles. The van der Waals surface area contributed by atoms with E-state index in [1.165, 1.54) is 24.3 Å². The van der Waals surface area contributed by atoms with Crippen LogP contribution in [0.2, 0.25) is 0 Å². The molecule has 10 nitrogen and oxygen atoms in total. The molecule has 0 aromatic heterocycles. The third-order valence-corrected chi connectivity index (χ3v) is 5.91. The van der Waals surface area contributed by atoms with E-state index in [4.69, 9.17) is 0 Å². The number of aliphatic imine (C=N–C) groups is 1. The van der Waals surface area contributed by atoms with Gasteiger partial charge in [-0.15, -0.1) is 0 Å². The van der Waals surface area contributed by atoms with Crippen molar-refractivity contribution in [3.63, 3.8) is 0 Å². The Labute approximate surface area is 209 Å². The minimum atomic E-state index is -0.720. The molecule has 0 bridgehead atoms. The molecule has 0 atom stereocenters. The van der Waals surface area contributed by atoms with Gasteiger partial charge in [-0.05, 0) is 46.5 Å². The molecule has 0 N–H and O–H groups in total. The molecule has 3 aromatic rings. The van der Waals surface area contributed by atoms with Gasteiger partial charge in [0.2, 0.25) is 0 Å². The van der Waals surface area contributed by atoms with Crippen molar-refractivity contribution in [2.45, 2.75) is 0 Å². The predicted molar refractivity (Wildman–Crippen MR) is 139 cm³/mol. The standard InChI is InChI=1S/C27H16N4O6/c32-29(33)21-12-13-22-19(14-21)15-23-26(22)24(30(34)35)16-25(31(36)37)27(23)28-20-10-8-18(9-11-20)7-6-17-4-2-1-3-5-17/h1-16H. The Morgan fingerprint density at radius 1 is 0.703 bits per heavy atom. The number of rotatable bonds is 6. The topological polar surface area (TPSA) is 142 Å². The van der Waals surface area contributed by atoms with Crippen LogP contribution in [0.5, 0.6) is 0 Å². The lowest BCUT2D eigenvalue weighted by molar-refractivity contribution is -0.428. The van der Waals surface area contributed by atoms with Crippen LogP contribution in [0.15, 0.2) is 101 Å². The molecule has 0 aliphatic heterocycles. The lowest BCUT2D eigenvalue weighted by Gasteiger charge is -2.14. The number of non-ortho nitro benzene ring substituents is 1. The fourth-order valence-corrected chi connectivity index (χ4v) is 4.20. The third kappa shape index (κ3) is 4.46. The molecule has 37 heavy (non-hydrogen) atoms. The van der Waals surface area contributed by atoms with Gasteiger partial charge in [-0.3, -0.25) is 30.3 Å². The number of benzene rings is 3. The first-order valence-electron chi connectivity index (χ1n) is 11.0. The fourth-order valence-electron chi connectivity index (χ4n) is 4.20. The molecule has 0 fully saturated rings. The molecular formula is C27H16N4O6. The maximum atomic E-state index is 11.9. The highest BCUT2D eigenvalue weighted by Gasteiger charge is 2.41. The molecular weight excluding hydrogens is 476 g/mol. The first-order valence-corrected chi connectivity index (χ1v) is 11.0. The maximum absolute atomic E-state index is 11.9. The summed E-state index contributed by atoms with van der Waals surface area (Å²) in [6.45, 7) is 0. The van der Waals surface area contributed by atoms with Crippen LogP contribution in [-0.2, 0) is 0 Å². The summed E-state index contributed by atoms with van der Waals surface area (Å²) in [7, 11) is 0. The Bertz CT molecular complexity index is 1630. The normalized spacial score (nSPS) is 15.3. The Kier molecular flexibility index (Phi) is 5.82. The SMILES string of the molecule is O=[N+]([O-])C1=CC([N+](=O)[O-])=C2C(=Cc3cc([N+](=O)[O-])ccc32)C1=Nc1ccc(C=Cc2ccccc2)cc1. The van der Waals surface area contributed by atoms with E-state index in [9.17, 15) is 30.3 Å². The Morgan fingerprint density at radius 2 is 1.38 bits per heavy atom. The van der Waals surface area contributed by atoms with Gasteiger partial charge < -0.3 is 0 Å². The molecule has 2 aliphatic carbocycles. The number of fused-ring (bicyclic) bond motifs is 3. The summed E-state index contributed by atoms with van der Waals surface area (Å²) in [6, 6.07) is 20.7. The van der Waals surface area contributed by atoms with Crippen LogP contribution >= 0.6 is 0 Å². The second-order valence-electron chi connectivity index (χ2n) is 8.19. The number of hydrogen-bond donors (Lipinski definition) is 0. The number of hydrogen-bond acceptors (Lipinski definition) is 7. The highest BCUT2D eigenvalue weighted by molar-refractivity contribution is 6.28. The summed E-state index contributed by atoms with van der Waals surface area (Å²) >= 11 is 0. The monoisotopic (exact) mass is 492 g/mol. The average Bonchev–Trinajstić information content (AvgIpc) is 3.27. The van der Waals surface area contributed by atoms with Crippen LogP contribution in [0.25, 0.3) is 23.8 Å². The Morgan fingerprint density at radius 3 is 2.00 bits per heavy atom. The van der Waals surface area contributed by atoms with Crippen molar-refractivity contribution >= 4 is 40.9 Å². The molecule has 0 unspecified atom stereocenters. The first kappa shape index (κ1) is 23.2. The van der Waals surface area contributed by atoms with Crippen molar-refractivity contribution in [1.29, 1.82) is 0 Å². The van der Waals surface area contributed by atoms with Crippen LogP contribution in [0.4, 0.5) is 11.4 Å². The molecule has 5 rings (SSSR count). The zero-order chi connectivity index (χ0) is 26.1. The van der Waals surface area contributed by atoms with Gasteiger partial charge in [-0.2, -0.15) is 0 Å². The minimum absolute atomic E-state index is 0.0583. The smallest absolute Gasteiger partial charge is 0.258 e. The highest BCUT2D eigenvalue weighted by Crippen LogP contribution is 2.44. The van der Waals surface area contributed by atoms with Crippen molar-refractivity contribution in [3.05, 3.63) is 148 Å². The molecule has 180 valence electrons. The zero-order valence-corrected chi connectivity index (χ0v) is 19.0. The molecule has 0 saturated carbocycles. The zero-order valence-electron chi connectivity index (χ0n) is 19.0. The van der Waals surface area contributed by atoms with Crippen LogP contribution in [-0.4, -0.2) is 20.5 Å². The van der Waals surface area contributed by atoms with Gasteiger partial charge in [0, 0.05) is 17.7 Å². The van der Waals surface area contributed by atoms with E-state index in [1.807, 2.05) is 42.5 Å². The second kappa shape index (κ2) is 9.27. The van der Waals surface area contributed by atoms with E-state index < -0.39 is 26.2 Å².